The van der Waals surface area contributed by atoms with E-state index in [-0.39, 0.29) is 5.75 Å². The van der Waals surface area contributed by atoms with E-state index in [2.05, 4.69) is 4.74 Å². The van der Waals surface area contributed by atoms with Crippen LogP contribution in [0, 0.1) is 0 Å². The first-order valence-corrected chi connectivity index (χ1v) is 5.84. The average Bonchev–Trinajstić information content (AvgIpc) is 2.42. The monoisotopic (exact) mass is 298 g/mol. The van der Waals surface area contributed by atoms with Crippen LogP contribution < -0.4 is 14.1 Å². The standard InChI is InChI=1S/C13H10BF3O4/c15-13(16,17)20-11-5-1-9(2-6-11)19-10-3-7-12(8-4-10)21-14-18/h1-8,14,18H. The minimum absolute atomic E-state index is 0.318. The van der Waals surface area contributed by atoms with Crippen LogP contribution in [0.1, 0.15) is 0 Å². The van der Waals surface area contributed by atoms with Crippen molar-refractivity contribution in [3.05, 3.63) is 48.5 Å². The SMILES string of the molecule is OBOc1ccc(Oc2ccc(OC(F)(F)F)cc2)cc1. The van der Waals surface area contributed by atoms with Crippen LogP contribution in [0.15, 0.2) is 48.5 Å². The second-order valence-corrected chi connectivity index (χ2v) is 3.87. The number of ether oxygens (including phenoxy) is 2. The van der Waals surface area contributed by atoms with Gasteiger partial charge in [-0.25, -0.2) is 0 Å². The fourth-order valence-corrected chi connectivity index (χ4v) is 1.52. The van der Waals surface area contributed by atoms with E-state index >= 15 is 0 Å². The number of hydrogen-bond donors (Lipinski definition) is 1. The van der Waals surface area contributed by atoms with Crippen molar-refractivity contribution in [3.63, 3.8) is 0 Å². The van der Waals surface area contributed by atoms with Crippen LogP contribution >= 0.6 is 0 Å². The summed E-state index contributed by atoms with van der Waals surface area (Å²) in [5, 5.41) is 8.59. The van der Waals surface area contributed by atoms with Crippen molar-refractivity contribution >= 4 is 7.69 Å². The molecular weight excluding hydrogens is 288 g/mol. The summed E-state index contributed by atoms with van der Waals surface area (Å²) < 4.78 is 50.1. The lowest BCUT2D eigenvalue weighted by atomic mass is 10.3. The van der Waals surface area contributed by atoms with Crippen molar-refractivity contribution in [2.75, 3.05) is 0 Å². The van der Waals surface area contributed by atoms with E-state index in [1.54, 1.807) is 24.3 Å². The first-order chi connectivity index (χ1) is 9.96. The van der Waals surface area contributed by atoms with Crippen molar-refractivity contribution in [2.45, 2.75) is 6.36 Å². The van der Waals surface area contributed by atoms with Crippen molar-refractivity contribution in [1.29, 1.82) is 0 Å². The maximum absolute atomic E-state index is 12.0. The molecule has 0 atom stereocenters. The normalized spacial score (nSPS) is 10.9. The van der Waals surface area contributed by atoms with Crippen molar-refractivity contribution in [1.82, 2.24) is 0 Å². The summed E-state index contributed by atoms with van der Waals surface area (Å²) in [6.45, 7) is 0. The molecule has 2 aromatic rings. The van der Waals surface area contributed by atoms with Crippen LogP contribution in [0.25, 0.3) is 0 Å². The van der Waals surface area contributed by atoms with Gasteiger partial charge < -0.3 is 19.2 Å². The van der Waals surface area contributed by atoms with Crippen LogP contribution in [-0.4, -0.2) is 19.1 Å². The molecule has 4 nitrogen and oxygen atoms in total. The first-order valence-electron chi connectivity index (χ1n) is 5.84. The Morgan fingerprint density at radius 2 is 1.19 bits per heavy atom. The molecule has 0 saturated heterocycles. The molecule has 2 aromatic carbocycles. The van der Waals surface area contributed by atoms with Gasteiger partial charge in [-0.15, -0.1) is 13.2 Å². The van der Waals surface area contributed by atoms with Crippen molar-refractivity contribution < 1.29 is 32.3 Å². The van der Waals surface area contributed by atoms with E-state index in [0.717, 1.165) is 12.1 Å². The smallest absolute Gasteiger partial charge is 0.539 e. The molecule has 110 valence electrons. The van der Waals surface area contributed by atoms with E-state index in [1.807, 2.05) is 0 Å². The average molecular weight is 298 g/mol. The molecule has 0 aliphatic rings. The third-order valence-corrected chi connectivity index (χ3v) is 2.35. The molecule has 2 rings (SSSR count). The lowest BCUT2D eigenvalue weighted by Crippen LogP contribution is -2.16. The van der Waals surface area contributed by atoms with E-state index in [0.29, 0.717) is 17.2 Å². The van der Waals surface area contributed by atoms with Gasteiger partial charge in [0, 0.05) is 0 Å². The summed E-state index contributed by atoms with van der Waals surface area (Å²) in [6, 6.07) is 11.4. The molecular formula is C13H10BF3O4. The van der Waals surface area contributed by atoms with Gasteiger partial charge >= 0.3 is 14.0 Å². The predicted molar refractivity (Wildman–Crippen MR) is 69.6 cm³/mol. The quantitative estimate of drug-likeness (QED) is 0.862. The molecule has 0 aliphatic carbocycles. The minimum atomic E-state index is -4.72. The molecule has 8 heteroatoms. The molecule has 0 aromatic heterocycles. The Labute approximate surface area is 119 Å². The highest BCUT2D eigenvalue weighted by Crippen LogP contribution is 2.28. The summed E-state index contributed by atoms with van der Waals surface area (Å²) in [5.74, 6) is 0.991. The Balaban J connectivity index is 1.99. The number of hydrogen-bond acceptors (Lipinski definition) is 4. The van der Waals surface area contributed by atoms with E-state index in [4.69, 9.17) is 14.4 Å². The van der Waals surface area contributed by atoms with Crippen LogP contribution in [0.5, 0.6) is 23.0 Å². The third-order valence-electron chi connectivity index (χ3n) is 2.35. The van der Waals surface area contributed by atoms with Gasteiger partial charge in [0.2, 0.25) is 0 Å². The summed E-state index contributed by atoms with van der Waals surface area (Å²) >= 11 is 0. The Morgan fingerprint density at radius 1 is 0.762 bits per heavy atom. The van der Waals surface area contributed by atoms with Gasteiger partial charge in [-0.2, -0.15) is 0 Å². The fraction of sp³-hybridized carbons (Fsp3) is 0.0769. The Kier molecular flexibility index (Phi) is 4.59. The van der Waals surface area contributed by atoms with Gasteiger partial charge in [-0.3, -0.25) is 0 Å². The number of halogens is 3. The van der Waals surface area contributed by atoms with E-state index in [9.17, 15) is 13.2 Å². The Hall–Kier alpha value is -2.35. The summed E-state index contributed by atoms with van der Waals surface area (Å²) in [6.07, 6.45) is -4.72. The van der Waals surface area contributed by atoms with Crippen molar-refractivity contribution in [3.8, 4) is 23.0 Å². The molecule has 21 heavy (non-hydrogen) atoms. The third kappa shape index (κ3) is 4.92. The topological polar surface area (TPSA) is 47.9 Å². The maximum atomic E-state index is 12.0. The molecule has 0 unspecified atom stereocenters. The highest BCUT2D eigenvalue weighted by molar-refractivity contribution is 6.17. The van der Waals surface area contributed by atoms with Gasteiger partial charge in [0.15, 0.2) is 0 Å². The van der Waals surface area contributed by atoms with Gasteiger partial charge in [0.05, 0.1) is 0 Å². The highest BCUT2D eigenvalue weighted by Gasteiger charge is 2.30. The Bertz CT molecular complexity index is 569. The van der Waals surface area contributed by atoms with Crippen molar-refractivity contribution in [2.24, 2.45) is 0 Å². The molecule has 0 saturated carbocycles. The summed E-state index contributed by atoms with van der Waals surface area (Å²) in [5.41, 5.74) is 0. The number of rotatable bonds is 5. The molecule has 0 aliphatic heterocycles. The van der Waals surface area contributed by atoms with Gasteiger partial charge in [0.1, 0.15) is 23.0 Å². The molecule has 0 heterocycles. The zero-order valence-electron chi connectivity index (χ0n) is 10.6. The Morgan fingerprint density at radius 3 is 1.62 bits per heavy atom. The maximum Gasteiger partial charge on any atom is 0.573 e. The second-order valence-electron chi connectivity index (χ2n) is 3.87. The number of alkyl halides is 3. The summed E-state index contributed by atoms with van der Waals surface area (Å²) in [7, 11) is -0.430. The largest absolute Gasteiger partial charge is 0.573 e. The van der Waals surface area contributed by atoms with Gasteiger partial charge in [-0.05, 0) is 48.5 Å². The lowest BCUT2D eigenvalue weighted by Gasteiger charge is -2.10. The van der Waals surface area contributed by atoms with Crippen LogP contribution in [0.3, 0.4) is 0 Å². The second kappa shape index (κ2) is 6.40. The molecule has 0 spiro atoms. The highest BCUT2D eigenvalue weighted by atomic mass is 19.4. The molecule has 0 bridgehead atoms. The number of benzene rings is 2. The summed E-state index contributed by atoms with van der Waals surface area (Å²) in [4.78, 5) is 0. The van der Waals surface area contributed by atoms with Crippen LogP contribution in [-0.2, 0) is 0 Å². The molecule has 0 fully saturated rings. The first kappa shape index (κ1) is 15.1. The minimum Gasteiger partial charge on any atom is -0.539 e. The van der Waals surface area contributed by atoms with Gasteiger partial charge in [0.25, 0.3) is 0 Å². The predicted octanol–water partition coefficient (Wildman–Crippen LogP) is 3.02. The molecule has 0 amide bonds. The van der Waals surface area contributed by atoms with E-state index in [1.165, 1.54) is 12.1 Å². The van der Waals surface area contributed by atoms with Crippen LogP contribution in [0.2, 0.25) is 0 Å². The van der Waals surface area contributed by atoms with Gasteiger partial charge in [-0.1, -0.05) is 0 Å². The zero-order chi connectivity index (χ0) is 15.3. The molecule has 1 N–H and O–H groups in total. The van der Waals surface area contributed by atoms with E-state index < -0.39 is 14.0 Å². The molecule has 0 radical (unpaired) electrons. The van der Waals surface area contributed by atoms with Crippen LogP contribution in [0.4, 0.5) is 13.2 Å². The fourth-order valence-electron chi connectivity index (χ4n) is 1.52. The zero-order valence-corrected chi connectivity index (χ0v) is 10.6. The lowest BCUT2D eigenvalue weighted by molar-refractivity contribution is -0.274.